The number of hydrogen-bond acceptors (Lipinski definition) is 5. The molecule has 1 aromatic heterocycles. The van der Waals surface area contributed by atoms with E-state index < -0.39 is 6.10 Å². The Hall–Kier alpha value is -1.98. The number of furan rings is 1. The number of aliphatic hydroxyl groups is 1. The summed E-state index contributed by atoms with van der Waals surface area (Å²) < 4.78 is 10.9. The Morgan fingerprint density at radius 3 is 2.96 bits per heavy atom. The van der Waals surface area contributed by atoms with Gasteiger partial charge in [0.1, 0.15) is 23.4 Å². The summed E-state index contributed by atoms with van der Waals surface area (Å²) in [5.41, 5.74) is 0.892. The van der Waals surface area contributed by atoms with Gasteiger partial charge in [0.25, 0.3) is 0 Å². The van der Waals surface area contributed by atoms with Gasteiger partial charge in [-0.05, 0) is 50.4 Å². The molecule has 1 aliphatic rings. The van der Waals surface area contributed by atoms with Crippen LogP contribution in [0, 0.1) is 0 Å². The molecule has 5 heteroatoms. The zero-order valence-electron chi connectivity index (χ0n) is 14.7. The van der Waals surface area contributed by atoms with Crippen LogP contribution in [0.3, 0.4) is 0 Å². The molecule has 0 spiro atoms. The number of likely N-dealkylation sites (tertiary alicyclic amines) is 1. The van der Waals surface area contributed by atoms with Crippen molar-refractivity contribution in [1.82, 2.24) is 4.90 Å². The van der Waals surface area contributed by atoms with E-state index in [0.717, 1.165) is 31.4 Å². The molecule has 5 nitrogen and oxygen atoms in total. The molecule has 2 unspecified atom stereocenters. The lowest BCUT2D eigenvalue weighted by molar-refractivity contribution is 0.0993. The highest BCUT2D eigenvalue weighted by molar-refractivity contribution is 5.39. The van der Waals surface area contributed by atoms with Crippen molar-refractivity contribution in [3.63, 3.8) is 0 Å². The minimum absolute atomic E-state index is 0.269. The molecular formula is C20H27NO4. The Morgan fingerprint density at radius 2 is 2.24 bits per heavy atom. The Bertz CT molecular complexity index is 656. The van der Waals surface area contributed by atoms with Crippen LogP contribution >= 0.6 is 0 Å². The Morgan fingerprint density at radius 1 is 1.36 bits per heavy atom. The van der Waals surface area contributed by atoms with Gasteiger partial charge >= 0.3 is 0 Å². The average Bonchev–Trinajstić information content (AvgIpc) is 3.27. The molecule has 136 valence electrons. The number of rotatable bonds is 8. The molecule has 0 amide bonds. The fourth-order valence-electron chi connectivity index (χ4n) is 3.43. The van der Waals surface area contributed by atoms with Gasteiger partial charge in [0.15, 0.2) is 0 Å². The number of benzene rings is 1. The number of hydrogen-bond donors (Lipinski definition) is 2. The molecule has 2 atom stereocenters. The highest BCUT2D eigenvalue weighted by Crippen LogP contribution is 2.31. The van der Waals surface area contributed by atoms with E-state index in [4.69, 9.17) is 9.15 Å². The van der Waals surface area contributed by atoms with E-state index >= 15 is 0 Å². The SMILES string of the molecule is CCCOc1ccc(CN2CCCC2CC(O)c2ccco2)c(O)c1. The minimum atomic E-state index is -0.584. The van der Waals surface area contributed by atoms with Gasteiger partial charge in [0, 0.05) is 24.2 Å². The summed E-state index contributed by atoms with van der Waals surface area (Å²) in [6.45, 7) is 4.36. The van der Waals surface area contributed by atoms with Crippen LogP contribution in [0.4, 0.5) is 0 Å². The van der Waals surface area contributed by atoms with Crippen LogP contribution in [-0.4, -0.2) is 34.3 Å². The van der Waals surface area contributed by atoms with Gasteiger partial charge in [-0.1, -0.05) is 13.0 Å². The van der Waals surface area contributed by atoms with Crippen molar-refractivity contribution in [3.05, 3.63) is 47.9 Å². The number of ether oxygens (including phenoxy) is 1. The molecule has 2 aromatic rings. The third kappa shape index (κ3) is 4.55. The molecule has 1 fully saturated rings. The topological polar surface area (TPSA) is 66.1 Å². The van der Waals surface area contributed by atoms with Gasteiger partial charge in [-0.3, -0.25) is 4.90 Å². The summed E-state index contributed by atoms with van der Waals surface area (Å²) in [6, 6.07) is 9.42. The Labute approximate surface area is 148 Å². The van der Waals surface area contributed by atoms with Crippen molar-refractivity contribution in [3.8, 4) is 11.5 Å². The molecular weight excluding hydrogens is 318 g/mol. The number of phenolic OH excluding ortho intramolecular Hbond substituents is 1. The van der Waals surface area contributed by atoms with Gasteiger partial charge in [0.05, 0.1) is 12.9 Å². The summed E-state index contributed by atoms with van der Waals surface area (Å²) in [7, 11) is 0. The first-order valence-electron chi connectivity index (χ1n) is 9.07. The van der Waals surface area contributed by atoms with Gasteiger partial charge in [0.2, 0.25) is 0 Å². The third-order valence-corrected chi connectivity index (χ3v) is 4.77. The first-order valence-corrected chi connectivity index (χ1v) is 9.07. The predicted octanol–water partition coefficient (Wildman–Crippen LogP) is 3.86. The maximum absolute atomic E-state index is 10.3. The maximum Gasteiger partial charge on any atom is 0.132 e. The lowest BCUT2D eigenvalue weighted by atomic mass is 10.0. The summed E-state index contributed by atoms with van der Waals surface area (Å²) in [5, 5.41) is 20.6. The van der Waals surface area contributed by atoms with Crippen molar-refractivity contribution in [2.24, 2.45) is 0 Å². The van der Waals surface area contributed by atoms with Crippen molar-refractivity contribution < 1.29 is 19.4 Å². The number of phenols is 1. The monoisotopic (exact) mass is 345 g/mol. The van der Waals surface area contributed by atoms with Crippen LogP contribution < -0.4 is 4.74 Å². The molecule has 1 saturated heterocycles. The van der Waals surface area contributed by atoms with E-state index in [1.165, 1.54) is 0 Å². The molecule has 1 aliphatic heterocycles. The molecule has 1 aromatic carbocycles. The zero-order valence-corrected chi connectivity index (χ0v) is 14.7. The largest absolute Gasteiger partial charge is 0.507 e. The van der Waals surface area contributed by atoms with Crippen LogP contribution in [0.5, 0.6) is 11.5 Å². The summed E-state index contributed by atoms with van der Waals surface area (Å²) >= 11 is 0. The lowest BCUT2D eigenvalue weighted by Gasteiger charge is -2.26. The molecule has 0 saturated carbocycles. The van der Waals surface area contributed by atoms with E-state index in [-0.39, 0.29) is 11.8 Å². The Kier molecular flexibility index (Phi) is 6.00. The van der Waals surface area contributed by atoms with Gasteiger partial charge in [-0.25, -0.2) is 0 Å². The van der Waals surface area contributed by atoms with E-state index in [1.807, 2.05) is 18.2 Å². The van der Waals surface area contributed by atoms with Gasteiger partial charge < -0.3 is 19.4 Å². The van der Waals surface area contributed by atoms with E-state index in [2.05, 4.69) is 11.8 Å². The summed E-state index contributed by atoms with van der Waals surface area (Å²) in [4.78, 5) is 2.33. The van der Waals surface area contributed by atoms with Crippen LogP contribution in [-0.2, 0) is 6.54 Å². The van der Waals surface area contributed by atoms with Gasteiger partial charge in [-0.15, -0.1) is 0 Å². The molecule has 0 radical (unpaired) electrons. The second-order valence-corrected chi connectivity index (χ2v) is 6.67. The normalized spacial score (nSPS) is 19.2. The molecule has 3 rings (SSSR count). The predicted molar refractivity (Wildman–Crippen MR) is 95.6 cm³/mol. The number of aromatic hydroxyl groups is 1. The maximum atomic E-state index is 10.3. The molecule has 25 heavy (non-hydrogen) atoms. The van der Waals surface area contributed by atoms with Crippen LogP contribution in [0.2, 0.25) is 0 Å². The second kappa shape index (κ2) is 8.41. The van der Waals surface area contributed by atoms with E-state index in [0.29, 0.717) is 31.1 Å². The van der Waals surface area contributed by atoms with E-state index in [9.17, 15) is 10.2 Å². The number of aliphatic hydroxyl groups excluding tert-OH is 1. The average molecular weight is 345 g/mol. The van der Waals surface area contributed by atoms with Crippen LogP contribution in [0.1, 0.15) is 50.0 Å². The highest BCUT2D eigenvalue weighted by Gasteiger charge is 2.28. The standard InChI is InChI=1S/C20H27NO4/c1-2-10-24-17-8-7-15(18(22)13-17)14-21-9-3-5-16(21)12-19(23)20-6-4-11-25-20/h4,6-8,11,13,16,19,22-23H,2-3,5,9-10,12,14H2,1H3. The van der Waals surface area contributed by atoms with Crippen molar-refractivity contribution >= 4 is 0 Å². The molecule has 0 aliphatic carbocycles. The zero-order chi connectivity index (χ0) is 17.6. The van der Waals surface area contributed by atoms with Crippen molar-refractivity contribution in [1.29, 1.82) is 0 Å². The molecule has 2 heterocycles. The van der Waals surface area contributed by atoms with Crippen molar-refractivity contribution in [2.45, 2.75) is 51.3 Å². The van der Waals surface area contributed by atoms with Crippen LogP contribution in [0.15, 0.2) is 41.0 Å². The quantitative estimate of drug-likeness (QED) is 0.760. The van der Waals surface area contributed by atoms with Crippen molar-refractivity contribution in [2.75, 3.05) is 13.2 Å². The van der Waals surface area contributed by atoms with Crippen LogP contribution in [0.25, 0.3) is 0 Å². The van der Waals surface area contributed by atoms with E-state index in [1.54, 1.807) is 18.4 Å². The fraction of sp³-hybridized carbons (Fsp3) is 0.500. The van der Waals surface area contributed by atoms with Gasteiger partial charge in [-0.2, -0.15) is 0 Å². The first kappa shape index (κ1) is 17.8. The summed E-state index contributed by atoms with van der Waals surface area (Å²) in [6.07, 6.45) is 4.75. The smallest absolute Gasteiger partial charge is 0.132 e. The fourth-order valence-corrected chi connectivity index (χ4v) is 3.43. The molecule has 2 N–H and O–H groups in total. The first-order chi connectivity index (χ1) is 12.2. The molecule has 0 bridgehead atoms. The Balaban J connectivity index is 1.61. The second-order valence-electron chi connectivity index (χ2n) is 6.67. The minimum Gasteiger partial charge on any atom is -0.507 e. The third-order valence-electron chi connectivity index (χ3n) is 4.77. The highest BCUT2D eigenvalue weighted by atomic mass is 16.5. The number of nitrogens with zero attached hydrogens (tertiary/aromatic N) is 1. The lowest BCUT2D eigenvalue weighted by Crippen LogP contribution is -2.30. The summed E-state index contributed by atoms with van der Waals surface area (Å²) in [5.74, 6) is 1.59.